The third kappa shape index (κ3) is 4.43. The van der Waals surface area contributed by atoms with Crippen molar-refractivity contribution in [1.29, 1.82) is 0 Å². The number of nitrogens with zero attached hydrogens (tertiary/aromatic N) is 1. The number of nitrogens with two attached hydrogens (primary N) is 1. The summed E-state index contributed by atoms with van der Waals surface area (Å²) in [7, 11) is 2.04. The molecule has 50 valence electrons. The van der Waals surface area contributed by atoms with Gasteiger partial charge in [-0.1, -0.05) is 0 Å². The summed E-state index contributed by atoms with van der Waals surface area (Å²) >= 11 is 4.07. The van der Waals surface area contributed by atoms with E-state index in [4.69, 9.17) is 5.73 Å². The normalized spacial score (nSPS) is 10.5. The summed E-state index contributed by atoms with van der Waals surface area (Å²) in [6.07, 6.45) is 0. The molecular weight excluding hydrogens is 120 g/mol. The standard InChI is InChI=1S/C5H14N2S/c1-7(3-2-6)4-5-8/h8H,2-6H2,1H3. The number of thiol groups is 1. The smallest absolute Gasteiger partial charge is 0.0102 e. The lowest BCUT2D eigenvalue weighted by Gasteiger charge is -2.12. The molecule has 0 saturated heterocycles. The van der Waals surface area contributed by atoms with Crippen molar-refractivity contribution in [2.75, 3.05) is 32.4 Å². The Morgan fingerprint density at radius 2 is 2.12 bits per heavy atom. The maximum absolute atomic E-state index is 5.29. The van der Waals surface area contributed by atoms with Gasteiger partial charge in [-0.2, -0.15) is 12.6 Å². The predicted molar refractivity (Wildman–Crippen MR) is 40.4 cm³/mol. The topological polar surface area (TPSA) is 29.3 Å². The first-order valence-electron chi connectivity index (χ1n) is 2.80. The highest BCUT2D eigenvalue weighted by Gasteiger charge is 1.90. The van der Waals surface area contributed by atoms with Crippen molar-refractivity contribution < 1.29 is 0 Å². The molecule has 0 rings (SSSR count). The molecule has 0 atom stereocenters. The highest BCUT2D eigenvalue weighted by Crippen LogP contribution is 1.80. The molecule has 2 N–H and O–H groups in total. The second kappa shape index (κ2) is 5.41. The van der Waals surface area contributed by atoms with E-state index in [9.17, 15) is 0 Å². The SMILES string of the molecule is CN(CCN)CCS. The molecule has 0 unspecified atom stereocenters. The summed E-state index contributed by atoms with van der Waals surface area (Å²) in [6, 6.07) is 0. The summed E-state index contributed by atoms with van der Waals surface area (Å²) in [5, 5.41) is 0. The van der Waals surface area contributed by atoms with Gasteiger partial charge in [0, 0.05) is 25.4 Å². The Kier molecular flexibility index (Phi) is 5.59. The van der Waals surface area contributed by atoms with Crippen LogP contribution in [0.1, 0.15) is 0 Å². The van der Waals surface area contributed by atoms with Crippen LogP contribution in [0.25, 0.3) is 0 Å². The van der Waals surface area contributed by atoms with E-state index in [1.54, 1.807) is 0 Å². The van der Waals surface area contributed by atoms with E-state index >= 15 is 0 Å². The average molecular weight is 134 g/mol. The van der Waals surface area contributed by atoms with Gasteiger partial charge < -0.3 is 10.6 Å². The van der Waals surface area contributed by atoms with E-state index in [2.05, 4.69) is 17.5 Å². The summed E-state index contributed by atoms with van der Waals surface area (Å²) in [4.78, 5) is 2.16. The Labute approximate surface area is 56.5 Å². The van der Waals surface area contributed by atoms with Crippen molar-refractivity contribution in [2.45, 2.75) is 0 Å². The van der Waals surface area contributed by atoms with Gasteiger partial charge in [-0.3, -0.25) is 0 Å². The van der Waals surface area contributed by atoms with Gasteiger partial charge in [0.05, 0.1) is 0 Å². The van der Waals surface area contributed by atoms with Crippen molar-refractivity contribution in [3.63, 3.8) is 0 Å². The van der Waals surface area contributed by atoms with Crippen molar-refractivity contribution >= 4 is 12.6 Å². The fraction of sp³-hybridized carbons (Fsp3) is 1.00. The maximum atomic E-state index is 5.29. The number of hydrogen-bond acceptors (Lipinski definition) is 3. The van der Waals surface area contributed by atoms with Crippen LogP contribution in [0.2, 0.25) is 0 Å². The van der Waals surface area contributed by atoms with Crippen LogP contribution in [0, 0.1) is 0 Å². The number of rotatable bonds is 4. The highest BCUT2D eigenvalue weighted by molar-refractivity contribution is 7.80. The molecule has 0 amide bonds. The second-order valence-corrected chi connectivity index (χ2v) is 2.26. The number of hydrogen-bond donors (Lipinski definition) is 2. The van der Waals surface area contributed by atoms with Gasteiger partial charge >= 0.3 is 0 Å². The Hall–Kier alpha value is 0.270. The molecule has 2 nitrogen and oxygen atoms in total. The molecule has 0 bridgehead atoms. The van der Waals surface area contributed by atoms with Crippen molar-refractivity contribution in [1.82, 2.24) is 4.90 Å². The Bertz CT molecular complexity index is 43.7. The minimum absolute atomic E-state index is 0.740. The van der Waals surface area contributed by atoms with Crippen LogP contribution in [-0.4, -0.2) is 37.3 Å². The molecule has 0 radical (unpaired) electrons. The molecule has 0 saturated carbocycles. The Morgan fingerprint density at radius 1 is 1.50 bits per heavy atom. The van der Waals surface area contributed by atoms with Crippen LogP contribution < -0.4 is 5.73 Å². The quantitative estimate of drug-likeness (QED) is 0.522. The van der Waals surface area contributed by atoms with E-state index in [0.717, 1.165) is 25.4 Å². The van der Waals surface area contributed by atoms with Gasteiger partial charge in [-0.15, -0.1) is 0 Å². The van der Waals surface area contributed by atoms with Gasteiger partial charge in [0.25, 0.3) is 0 Å². The fourth-order valence-corrected chi connectivity index (χ4v) is 0.844. The van der Waals surface area contributed by atoms with E-state index in [1.165, 1.54) is 0 Å². The van der Waals surface area contributed by atoms with Crippen molar-refractivity contribution in [3.05, 3.63) is 0 Å². The lowest BCUT2D eigenvalue weighted by molar-refractivity contribution is 0.366. The number of likely N-dealkylation sites (N-methyl/N-ethyl adjacent to an activating group) is 1. The van der Waals surface area contributed by atoms with Crippen LogP contribution >= 0.6 is 12.6 Å². The molecule has 0 heterocycles. The van der Waals surface area contributed by atoms with Crippen LogP contribution in [0.4, 0.5) is 0 Å². The molecule has 0 spiro atoms. The molecule has 0 aromatic heterocycles. The largest absolute Gasteiger partial charge is 0.329 e. The molecule has 0 aromatic rings. The van der Waals surface area contributed by atoms with Gasteiger partial charge in [0.1, 0.15) is 0 Å². The molecular formula is C5H14N2S. The summed E-state index contributed by atoms with van der Waals surface area (Å²) in [6.45, 7) is 2.74. The van der Waals surface area contributed by atoms with Crippen molar-refractivity contribution in [2.24, 2.45) is 5.73 Å². The Morgan fingerprint density at radius 3 is 2.50 bits per heavy atom. The maximum Gasteiger partial charge on any atom is 0.0102 e. The zero-order valence-corrected chi connectivity index (χ0v) is 6.19. The fourth-order valence-electron chi connectivity index (χ4n) is 0.503. The summed E-state index contributed by atoms with van der Waals surface area (Å²) < 4.78 is 0. The molecule has 3 heteroatoms. The van der Waals surface area contributed by atoms with Crippen LogP contribution in [0.3, 0.4) is 0 Å². The minimum atomic E-state index is 0.740. The minimum Gasteiger partial charge on any atom is -0.329 e. The molecule has 8 heavy (non-hydrogen) atoms. The zero-order valence-electron chi connectivity index (χ0n) is 5.30. The highest BCUT2D eigenvalue weighted by atomic mass is 32.1. The van der Waals surface area contributed by atoms with Gasteiger partial charge in [0.15, 0.2) is 0 Å². The zero-order chi connectivity index (χ0) is 6.41. The van der Waals surface area contributed by atoms with E-state index in [0.29, 0.717) is 0 Å². The molecule has 0 aliphatic carbocycles. The van der Waals surface area contributed by atoms with E-state index in [-0.39, 0.29) is 0 Å². The van der Waals surface area contributed by atoms with Crippen LogP contribution in [-0.2, 0) is 0 Å². The van der Waals surface area contributed by atoms with Crippen molar-refractivity contribution in [3.8, 4) is 0 Å². The average Bonchev–Trinajstić information content (AvgIpc) is 1.68. The molecule has 0 aliphatic rings. The van der Waals surface area contributed by atoms with Gasteiger partial charge in [-0.05, 0) is 7.05 Å². The predicted octanol–water partition coefficient (Wildman–Crippen LogP) is -0.193. The third-order valence-corrected chi connectivity index (χ3v) is 1.19. The second-order valence-electron chi connectivity index (χ2n) is 1.82. The van der Waals surface area contributed by atoms with Crippen LogP contribution in [0.5, 0.6) is 0 Å². The third-order valence-electron chi connectivity index (χ3n) is 0.993. The lowest BCUT2D eigenvalue weighted by Crippen LogP contribution is -2.27. The molecule has 0 fully saturated rings. The first kappa shape index (κ1) is 8.27. The first-order chi connectivity index (χ1) is 3.81. The first-order valence-corrected chi connectivity index (χ1v) is 3.44. The monoisotopic (exact) mass is 134 g/mol. The lowest BCUT2D eigenvalue weighted by atomic mass is 10.5. The van der Waals surface area contributed by atoms with Gasteiger partial charge in [0.2, 0.25) is 0 Å². The Balaban J connectivity index is 2.92. The summed E-state index contributed by atoms with van der Waals surface area (Å²) in [5.74, 6) is 0.913. The summed E-state index contributed by atoms with van der Waals surface area (Å²) in [5.41, 5.74) is 5.29. The van der Waals surface area contributed by atoms with Crippen LogP contribution in [0.15, 0.2) is 0 Å². The van der Waals surface area contributed by atoms with Gasteiger partial charge in [-0.25, -0.2) is 0 Å². The molecule has 0 aromatic carbocycles. The van der Waals surface area contributed by atoms with E-state index < -0.39 is 0 Å². The van der Waals surface area contributed by atoms with E-state index in [1.807, 2.05) is 7.05 Å². The molecule has 0 aliphatic heterocycles.